The molecule has 106 valence electrons. The van der Waals surface area contributed by atoms with Gasteiger partial charge in [-0.15, -0.1) is 0 Å². The summed E-state index contributed by atoms with van der Waals surface area (Å²) in [6.45, 7) is 8.62. The predicted octanol–water partition coefficient (Wildman–Crippen LogP) is 2.02. The number of piperidine rings is 1. The fourth-order valence-corrected chi connectivity index (χ4v) is 2.65. The number of nitrogens with zero attached hydrogens (tertiary/aromatic N) is 2. The summed E-state index contributed by atoms with van der Waals surface area (Å²) in [5.41, 5.74) is 8.98. The third-order valence-corrected chi connectivity index (χ3v) is 3.74. The minimum absolute atomic E-state index is 0.484. The molecule has 1 aliphatic rings. The van der Waals surface area contributed by atoms with E-state index in [-0.39, 0.29) is 0 Å². The number of pyridine rings is 1. The van der Waals surface area contributed by atoms with E-state index in [0.717, 1.165) is 23.7 Å². The molecule has 0 aliphatic carbocycles. The second-order valence-corrected chi connectivity index (χ2v) is 5.32. The van der Waals surface area contributed by atoms with Crippen LogP contribution < -0.4 is 10.5 Å². The highest BCUT2D eigenvalue weighted by Gasteiger charge is 2.12. The molecule has 2 N–H and O–H groups in total. The average Bonchev–Trinajstić information content (AvgIpc) is 2.39. The molecule has 4 nitrogen and oxygen atoms in total. The first-order valence-corrected chi connectivity index (χ1v) is 7.23. The summed E-state index contributed by atoms with van der Waals surface area (Å²) in [5.74, 6) is 0.719. The van der Waals surface area contributed by atoms with Crippen molar-refractivity contribution in [2.45, 2.75) is 39.7 Å². The minimum atomic E-state index is 0.484. The molecular weight excluding hydrogens is 238 g/mol. The number of ether oxygens (including phenoxy) is 1. The van der Waals surface area contributed by atoms with Gasteiger partial charge >= 0.3 is 0 Å². The van der Waals surface area contributed by atoms with Crippen molar-refractivity contribution >= 4 is 0 Å². The van der Waals surface area contributed by atoms with Crippen LogP contribution in [-0.4, -0.2) is 36.1 Å². The van der Waals surface area contributed by atoms with Crippen molar-refractivity contribution in [1.29, 1.82) is 0 Å². The molecular formula is C15H25N3O. The van der Waals surface area contributed by atoms with Gasteiger partial charge in [-0.2, -0.15) is 0 Å². The van der Waals surface area contributed by atoms with Gasteiger partial charge in [0.1, 0.15) is 6.61 Å². The van der Waals surface area contributed by atoms with Crippen LogP contribution in [0, 0.1) is 13.8 Å². The van der Waals surface area contributed by atoms with Crippen LogP contribution in [0.5, 0.6) is 5.88 Å². The lowest BCUT2D eigenvalue weighted by Crippen LogP contribution is -2.33. The SMILES string of the molecule is Cc1cc(C)c(CN)c(OCCN2CCCCC2)n1. The van der Waals surface area contributed by atoms with Gasteiger partial charge < -0.3 is 10.5 Å². The van der Waals surface area contributed by atoms with Crippen molar-refractivity contribution in [1.82, 2.24) is 9.88 Å². The lowest BCUT2D eigenvalue weighted by Gasteiger charge is -2.26. The fourth-order valence-electron chi connectivity index (χ4n) is 2.65. The summed E-state index contributed by atoms with van der Waals surface area (Å²) in [4.78, 5) is 6.93. The maximum absolute atomic E-state index is 5.86. The van der Waals surface area contributed by atoms with Crippen LogP contribution in [0.15, 0.2) is 6.07 Å². The molecule has 0 unspecified atom stereocenters. The first kappa shape index (κ1) is 14.3. The standard InChI is InChI=1S/C15H25N3O/c1-12-10-13(2)17-15(14(12)11-16)19-9-8-18-6-4-3-5-7-18/h10H,3-9,11,16H2,1-2H3. The molecule has 4 heteroatoms. The monoisotopic (exact) mass is 263 g/mol. The highest BCUT2D eigenvalue weighted by Crippen LogP contribution is 2.20. The van der Waals surface area contributed by atoms with Crippen molar-refractivity contribution in [3.05, 3.63) is 22.9 Å². The molecule has 0 amide bonds. The van der Waals surface area contributed by atoms with E-state index in [9.17, 15) is 0 Å². The van der Waals surface area contributed by atoms with E-state index in [2.05, 4.69) is 22.9 Å². The third kappa shape index (κ3) is 3.91. The summed E-state index contributed by atoms with van der Waals surface area (Å²) in [6.07, 6.45) is 4.00. The Kier molecular flexibility index (Phi) is 5.16. The Morgan fingerprint density at radius 3 is 2.68 bits per heavy atom. The number of aryl methyl sites for hydroxylation is 2. The Labute approximate surface area is 116 Å². The van der Waals surface area contributed by atoms with Gasteiger partial charge in [-0.05, 0) is 51.4 Å². The van der Waals surface area contributed by atoms with Crippen molar-refractivity contribution in [3.63, 3.8) is 0 Å². The number of likely N-dealkylation sites (tertiary alicyclic amines) is 1. The number of aromatic nitrogens is 1. The van der Waals surface area contributed by atoms with E-state index in [4.69, 9.17) is 10.5 Å². The van der Waals surface area contributed by atoms with Crippen LogP contribution in [0.2, 0.25) is 0 Å². The molecule has 2 heterocycles. The Morgan fingerprint density at radius 2 is 2.00 bits per heavy atom. The van der Waals surface area contributed by atoms with Crippen molar-refractivity contribution in [2.24, 2.45) is 5.73 Å². The van der Waals surface area contributed by atoms with Gasteiger partial charge in [-0.25, -0.2) is 4.98 Å². The Morgan fingerprint density at radius 1 is 1.26 bits per heavy atom. The molecule has 1 aromatic rings. The summed E-state index contributed by atoms with van der Waals surface area (Å²) in [5, 5.41) is 0. The maximum Gasteiger partial charge on any atom is 0.218 e. The fraction of sp³-hybridized carbons (Fsp3) is 0.667. The van der Waals surface area contributed by atoms with Gasteiger partial charge in [0.25, 0.3) is 0 Å². The zero-order valence-corrected chi connectivity index (χ0v) is 12.1. The van der Waals surface area contributed by atoms with Crippen molar-refractivity contribution < 1.29 is 4.74 Å². The molecule has 0 saturated carbocycles. The molecule has 1 saturated heterocycles. The highest BCUT2D eigenvalue weighted by molar-refractivity contribution is 5.35. The van der Waals surface area contributed by atoms with E-state index >= 15 is 0 Å². The predicted molar refractivity (Wildman–Crippen MR) is 77.4 cm³/mol. The Balaban J connectivity index is 1.91. The first-order valence-electron chi connectivity index (χ1n) is 7.23. The molecule has 0 spiro atoms. The van der Waals surface area contributed by atoms with E-state index < -0.39 is 0 Å². The van der Waals surface area contributed by atoms with Gasteiger partial charge in [-0.3, -0.25) is 4.90 Å². The number of nitrogens with two attached hydrogens (primary N) is 1. The smallest absolute Gasteiger partial charge is 0.218 e. The summed E-state index contributed by atoms with van der Waals surface area (Å²) in [6, 6.07) is 2.06. The van der Waals surface area contributed by atoms with Crippen molar-refractivity contribution in [3.8, 4) is 5.88 Å². The van der Waals surface area contributed by atoms with Crippen LogP contribution in [0.3, 0.4) is 0 Å². The normalized spacial score (nSPS) is 16.6. The average molecular weight is 263 g/mol. The maximum atomic E-state index is 5.86. The van der Waals surface area contributed by atoms with E-state index in [0.29, 0.717) is 13.2 Å². The molecule has 19 heavy (non-hydrogen) atoms. The first-order chi connectivity index (χ1) is 9.20. The molecule has 0 radical (unpaired) electrons. The van der Waals surface area contributed by atoms with Gasteiger partial charge in [-0.1, -0.05) is 6.42 Å². The van der Waals surface area contributed by atoms with Crippen LogP contribution in [0.4, 0.5) is 0 Å². The Hall–Kier alpha value is -1.13. The molecule has 1 aromatic heterocycles. The molecule has 0 atom stereocenters. The topological polar surface area (TPSA) is 51.4 Å². The van der Waals surface area contributed by atoms with Crippen LogP contribution >= 0.6 is 0 Å². The number of hydrogen-bond acceptors (Lipinski definition) is 4. The summed E-state index contributed by atoms with van der Waals surface area (Å²) >= 11 is 0. The van der Waals surface area contributed by atoms with Gasteiger partial charge in [0.05, 0.1) is 0 Å². The third-order valence-electron chi connectivity index (χ3n) is 3.74. The Bertz CT molecular complexity index is 414. The lowest BCUT2D eigenvalue weighted by atomic mass is 10.1. The molecule has 2 rings (SSSR count). The molecule has 0 bridgehead atoms. The second-order valence-electron chi connectivity index (χ2n) is 5.32. The second kappa shape index (κ2) is 6.87. The molecule has 0 aromatic carbocycles. The van der Waals surface area contributed by atoms with E-state index in [1.165, 1.54) is 37.9 Å². The van der Waals surface area contributed by atoms with Gasteiger partial charge in [0.2, 0.25) is 5.88 Å². The van der Waals surface area contributed by atoms with E-state index in [1.807, 2.05) is 6.92 Å². The quantitative estimate of drug-likeness (QED) is 0.883. The molecule has 1 aliphatic heterocycles. The number of rotatable bonds is 5. The zero-order valence-electron chi connectivity index (χ0n) is 12.1. The van der Waals surface area contributed by atoms with Crippen molar-refractivity contribution in [2.75, 3.05) is 26.2 Å². The zero-order chi connectivity index (χ0) is 13.7. The van der Waals surface area contributed by atoms with Crippen LogP contribution in [0.1, 0.15) is 36.1 Å². The molecule has 1 fully saturated rings. The van der Waals surface area contributed by atoms with E-state index in [1.54, 1.807) is 0 Å². The lowest BCUT2D eigenvalue weighted by molar-refractivity contribution is 0.179. The summed E-state index contributed by atoms with van der Waals surface area (Å²) in [7, 11) is 0. The van der Waals surface area contributed by atoms with Gasteiger partial charge in [0, 0.05) is 24.3 Å². The largest absolute Gasteiger partial charge is 0.476 e. The highest BCUT2D eigenvalue weighted by atomic mass is 16.5. The van der Waals surface area contributed by atoms with Crippen LogP contribution in [-0.2, 0) is 6.54 Å². The minimum Gasteiger partial charge on any atom is -0.476 e. The summed E-state index contributed by atoms with van der Waals surface area (Å²) < 4.78 is 5.86. The van der Waals surface area contributed by atoms with Gasteiger partial charge in [0.15, 0.2) is 0 Å². The number of hydrogen-bond donors (Lipinski definition) is 1. The van der Waals surface area contributed by atoms with Crippen LogP contribution in [0.25, 0.3) is 0 Å².